The van der Waals surface area contributed by atoms with E-state index < -0.39 is 6.29 Å². The first-order chi connectivity index (χ1) is 24.6. The maximum atomic E-state index is 12.6. The van der Waals surface area contributed by atoms with Crippen molar-refractivity contribution in [3.8, 4) is 11.1 Å². The largest absolute Gasteiger partial charge is 0.392 e. The Morgan fingerprint density at radius 1 is 0.660 bits per heavy atom. The number of carbonyl (C=O) groups is 1. The van der Waals surface area contributed by atoms with Gasteiger partial charge >= 0.3 is 0 Å². The van der Waals surface area contributed by atoms with Crippen LogP contribution in [0.25, 0.3) is 11.1 Å². The summed E-state index contributed by atoms with van der Waals surface area (Å²) in [6.07, 6.45) is 0.169. The highest BCUT2D eigenvalue weighted by molar-refractivity contribution is 5.94. The first-order valence-electron chi connectivity index (χ1n) is 17.6. The molecule has 2 heterocycles. The van der Waals surface area contributed by atoms with Crippen molar-refractivity contribution in [2.75, 3.05) is 32.7 Å². The second kappa shape index (κ2) is 16.4. The van der Waals surface area contributed by atoms with E-state index in [4.69, 9.17) is 9.47 Å². The van der Waals surface area contributed by atoms with Crippen molar-refractivity contribution in [2.45, 2.75) is 44.6 Å². The van der Waals surface area contributed by atoms with Gasteiger partial charge in [0, 0.05) is 63.4 Å². The van der Waals surface area contributed by atoms with Gasteiger partial charge in [-0.1, -0.05) is 115 Å². The zero-order chi connectivity index (χ0) is 34.1. The fourth-order valence-electron chi connectivity index (χ4n) is 6.86. The van der Waals surface area contributed by atoms with Gasteiger partial charge in [-0.2, -0.15) is 0 Å². The second-order valence-electron chi connectivity index (χ2n) is 13.3. The zero-order valence-electron chi connectivity index (χ0n) is 28.4. The molecule has 5 aromatic rings. The van der Waals surface area contributed by atoms with E-state index in [0.29, 0.717) is 12.1 Å². The van der Waals surface area contributed by atoms with Gasteiger partial charge in [0.2, 0.25) is 0 Å². The number of aliphatic hydroxyl groups excluding tert-OH is 1. The average Bonchev–Trinajstić information content (AvgIpc) is 3.18. The smallest absolute Gasteiger partial charge is 0.251 e. The Balaban J connectivity index is 1.01. The fraction of sp³-hybridized carbons (Fsp3) is 0.279. The van der Waals surface area contributed by atoms with Crippen LogP contribution in [0.15, 0.2) is 133 Å². The third kappa shape index (κ3) is 8.74. The minimum atomic E-state index is -0.496. The van der Waals surface area contributed by atoms with E-state index in [2.05, 4.69) is 94.0 Å². The predicted molar refractivity (Wildman–Crippen MR) is 196 cm³/mol. The molecule has 1 amide bonds. The number of ether oxygens (including phenoxy) is 2. The number of benzene rings is 5. The summed E-state index contributed by atoms with van der Waals surface area (Å²) in [4.78, 5) is 17.6. The van der Waals surface area contributed by atoms with Gasteiger partial charge in [-0.15, -0.1) is 0 Å². The SMILES string of the molecule is O=C(NCc1cccc(-c2ccc([C@H]3O[C@@H](CN4CCN(Cc5ccccc5)CC4)C[C@@H](c4ccc(CO)cc4)O3)cc2)c1)c1ccccc1. The molecule has 7 rings (SSSR count). The molecule has 0 saturated carbocycles. The third-order valence-corrected chi connectivity index (χ3v) is 9.72. The predicted octanol–water partition coefficient (Wildman–Crippen LogP) is 7.14. The van der Waals surface area contributed by atoms with Crippen molar-refractivity contribution in [2.24, 2.45) is 0 Å². The Morgan fingerprint density at radius 2 is 1.32 bits per heavy atom. The lowest BCUT2D eigenvalue weighted by Crippen LogP contribution is -2.49. The molecule has 3 atom stereocenters. The molecule has 0 aliphatic carbocycles. The number of amides is 1. The van der Waals surface area contributed by atoms with E-state index in [0.717, 1.165) is 79.1 Å². The number of piperazine rings is 1. The molecule has 50 heavy (non-hydrogen) atoms. The molecule has 2 fully saturated rings. The molecule has 0 spiro atoms. The Bertz CT molecular complexity index is 1810. The van der Waals surface area contributed by atoms with Gasteiger partial charge in [-0.05, 0) is 51.6 Å². The van der Waals surface area contributed by atoms with Crippen LogP contribution in [0.1, 0.15) is 57.0 Å². The quantitative estimate of drug-likeness (QED) is 0.156. The molecule has 2 aliphatic heterocycles. The summed E-state index contributed by atoms with van der Waals surface area (Å²) < 4.78 is 13.3. The monoisotopic (exact) mass is 667 g/mol. The maximum Gasteiger partial charge on any atom is 0.251 e. The lowest BCUT2D eigenvalue weighted by Gasteiger charge is -2.40. The summed E-state index contributed by atoms with van der Waals surface area (Å²) in [7, 11) is 0. The Kier molecular flexibility index (Phi) is 11.1. The summed E-state index contributed by atoms with van der Waals surface area (Å²) in [5.74, 6) is -0.0842. The molecule has 0 aromatic heterocycles. The minimum Gasteiger partial charge on any atom is -0.392 e. The van der Waals surface area contributed by atoms with Crippen molar-refractivity contribution in [3.05, 3.63) is 167 Å². The number of hydrogen-bond donors (Lipinski definition) is 2. The molecule has 7 heteroatoms. The highest BCUT2D eigenvalue weighted by Crippen LogP contribution is 2.39. The van der Waals surface area contributed by atoms with Crippen LogP contribution in [0.4, 0.5) is 0 Å². The van der Waals surface area contributed by atoms with E-state index in [9.17, 15) is 9.90 Å². The van der Waals surface area contributed by atoms with Gasteiger partial charge in [0.1, 0.15) is 0 Å². The molecule has 2 saturated heterocycles. The molecular weight excluding hydrogens is 622 g/mol. The van der Waals surface area contributed by atoms with Gasteiger partial charge in [0.25, 0.3) is 5.91 Å². The highest BCUT2D eigenvalue weighted by atomic mass is 16.7. The van der Waals surface area contributed by atoms with E-state index in [1.165, 1.54) is 5.56 Å². The highest BCUT2D eigenvalue weighted by Gasteiger charge is 2.33. The van der Waals surface area contributed by atoms with Crippen molar-refractivity contribution in [3.63, 3.8) is 0 Å². The van der Waals surface area contributed by atoms with Crippen molar-refractivity contribution < 1.29 is 19.4 Å². The second-order valence-corrected chi connectivity index (χ2v) is 13.3. The van der Waals surface area contributed by atoms with Gasteiger partial charge in [0.15, 0.2) is 6.29 Å². The lowest BCUT2D eigenvalue weighted by molar-refractivity contribution is -0.253. The van der Waals surface area contributed by atoms with E-state index in [1.54, 1.807) is 0 Å². The number of nitrogens with zero attached hydrogens (tertiary/aromatic N) is 2. The summed E-state index contributed by atoms with van der Waals surface area (Å²) in [6, 6.07) is 44.7. The Labute approximate surface area is 295 Å². The summed E-state index contributed by atoms with van der Waals surface area (Å²) in [5.41, 5.74) is 8.18. The van der Waals surface area contributed by atoms with Gasteiger partial charge in [-0.3, -0.25) is 14.6 Å². The normalized spacial score (nSPS) is 20.0. The molecular formula is C43H45N3O4. The van der Waals surface area contributed by atoms with Crippen LogP contribution in [-0.4, -0.2) is 59.6 Å². The molecule has 2 aliphatic rings. The Morgan fingerprint density at radius 3 is 2.04 bits per heavy atom. The van der Waals surface area contributed by atoms with Crippen LogP contribution >= 0.6 is 0 Å². The van der Waals surface area contributed by atoms with Crippen molar-refractivity contribution in [1.29, 1.82) is 0 Å². The van der Waals surface area contributed by atoms with Crippen molar-refractivity contribution in [1.82, 2.24) is 15.1 Å². The standard InChI is InChI=1S/C43H45N3O4/c47-31-33-14-16-36(17-15-33)41-27-40(30-46-24-22-45(23-25-46)29-32-8-3-1-4-9-32)49-43(50-41)38-20-18-35(19-21-38)39-13-7-10-34(26-39)28-44-42(48)37-11-5-2-6-12-37/h1-21,26,40-41,43,47H,22-25,27-31H2,(H,44,48)/t40-,41+,43+/m1/s1. The maximum absolute atomic E-state index is 12.6. The van der Waals surface area contributed by atoms with E-state index in [-0.39, 0.29) is 24.7 Å². The molecule has 0 unspecified atom stereocenters. The minimum absolute atomic E-state index is 0.0133. The van der Waals surface area contributed by atoms with E-state index in [1.807, 2.05) is 54.6 Å². The number of hydrogen-bond acceptors (Lipinski definition) is 6. The van der Waals surface area contributed by atoms with Gasteiger partial charge in [-0.25, -0.2) is 0 Å². The Hall–Kier alpha value is -4.63. The molecule has 0 bridgehead atoms. The molecule has 7 nitrogen and oxygen atoms in total. The first-order valence-corrected chi connectivity index (χ1v) is 17.6. The van der Waals surface area contributed by atoms with Gasteiger partial charge in [0.05, 0.1) is 18.8 Å². The fourth-order valence-corrected chi connectivity index (χ4v) is 6.86. The van der Waals surface area contributed by atoms with Gasteiger partial charge < -0.3 is 19.9 Å². The molecule has 0 radical (unpaired) electrons. The number of carbonyl (C=O) groups excluding carboxylic acids is 1. The van der Waals surface area contributed by atoms with Crippen LogP contribution in [0.2, 0.25) is 0 Å². The zero-order valence-corrected chi connectivity index (χ0v) is 28.4. The molecule has 256 valence electrons. The molecule has 5 aromatic carbocycles. The lowest BCUT2D eigenvalue weighted by atomic mass is 9.98. The van der Waals surface area contributed by atoms with Crippen LogP contribution < -0.4 is 5.32 Å². The molecule has 2 N–H and O–H groups in total. The summed E-state index contributed by atoms with van der Waals surface area (Å²) >= 11 is 0. The van der Waals surface area contributed by atoms with Crippen LogP contribution in [0.3, 0.4) is 0 Å². The number of rotatable bonds is 11. The van der Waals surface area contributed by atoms with Crippen LogP contribution in [0.5, 0.6) is 0 Å². The first kappa shape index (κ1) is 33.8. The van der Waals surface area contributed by atoms with Crippen LogP contribution in [0, 0.1) is 0 Å². The topological polar surface area (TPSA) is 74.3 Å². The van der Waals surface area contributed by atoms with E-state index >= 15 is 0 Å². The summed E-state index contributed by atoms with van der Waals surface area (Å²) in [6.45, 7) is 6.42. The third-order valence-electron chi connectivity index (χ3n) is 9.72. The van der Waals surface area contributed by atoms with Crippen LogP contribution in [-0.2, 0) is 29.2 Å². The van der Waals surface area contributed by atoms with Crippen molar-refractivity contribution >= 4 is 5.91 Å². The number of nitrogens with one attached hydrogen (secondary N) is 1. The average molecular weight is 668 g/mol. The summed E-state index contributed by atoms with van der Waals surface area (Å²) in [5, 5.41) is 12.6. The number of aliphatic hydroxyl groups is 1.